The molecular weight excluding hydrogens is 218 g/mol. The lowest BCUT2D eigenvalue weighted by atomic mass is 10.0. The first kappa shape index (κ1) is 12.0. The van der Waals surface area contributed by atoms with Crippen LogP contribution < -0.4 is 5.73 Å². The number of hydrogen-bond donors (Lipinski definition) is 2. The van der Waals surface area contributed by atoms with Gasteiger partial charge in [-0.05, 0) is 25.0 Å². The maximum absolute atomic E-state index is 11.0. The standard InChI is InChI=1S/C12H17N3O2/c1-9-2-3-10(14-6-9)7-15-5-4-12(13,8-15)11(16)17/h2-3,6H,4-5,7-8,13H2,1H3,(H,16,17). The minimum Gasteiger partial charge on any atom is -0.480 e. The first-order valence-electron chi connectivity index (χ1n) is 5.66. The zero-order valence-corrected chi connectivity index (χ0v) is 9.89. The number of carboxylic acid groups (broad SMARTS) is 1. The molecule has 2 rings (SSSR count). The van der Waals surface area contributed by atoms with Crippen LogP contribution in [0.2, 0.25) is 0 Å². The molecule has 1 unspecified atom stereocenters. The molecule has 1 aliphatic heterocycles. The molecule has 0 aromatic carbocycles. The molecule has 1 aromatic rings. The smallest absolute Gasteiger partial charge is 0.325 e. The predicted molar refractivity (Wildman–Crippen MR) is 63.4 cm³/mol. The van der Waals surface area contributed by atoms with Crippen LogP contribution in [0.25, 0.3) is 0 Å². The normalized spacial score (nSPS) is 25.1. The third kappa shape index (κ3) is 2.62. The number of hydrogen-bond acceptors (Lipinski definition) is 4. The lowest BCUT2D eigenvalue weighted by molar-refractivity contribution is -0.142. The van der Waals surface area contributed by atoms with Crippen LogP contribution in [0.4, 0.5) is 0 Å². The molecule has 5 nitrogen and oxygen atoms in total. The van der Waals surface area contributed by atoms with Crippen molar-refractivity contribution >= 4 is 5.97 Å². The average Bonchev–Trinajstić information content (AvgIpc) is 2.65. The second kappa shape index (κ2) is 4.43. The fraction of sp³-hybridized carbons (Fsp3) is 0.500. The molecule has 1 aliphatic rings. The SMILES string of the molecule is Cc1ccc(CN2CCC(N)(C(=O)O)C2)nc1. The van der Waals surface area contributed by atoms with E-state index in [2.05, 4.69) is 4.98 Å². The minimum absolute atomic E-state index is 0.387. The molecule has 0 spiro atoms. The molecule has 0 saturated carbocycles. The van der Waals surface area contributed by atoms with Crippen molar-refractivity contribution in [3.63, 3.8) is 0 Å². The highest BCUT2D eigenvalue weighted by Gasteiger charge is 2.41. The summed E-state index contributed by atoms with van der Waals surface area (Å²) in [4.78, 5) is 17.3. The summed E-state index contributed by atoms with van der Waals surface area (Å²) >= 11 is 0. The van der Waals surface area contributed by atoms with E-state index in [-0.39, 0.29) is 0 Å². The Bertz CT molecular complexity index is 418. The van der Waals surface area contributed by atoms with Crippen LogP contribution in [0.5, 0.6) is 0 Å². The number of likely N-dealkylation sites (tertiary alicyclic amines) is 1. The van der Waals surface area contributed by atoms with E-state index in [0.29, 0.717) is 26.1 Å². The van der Waals surface area contributed by atoms with Crippen molar-refractivity contribution in [2.75, 3.05) is 13.1 Å². The maximum atomic E-state index is 11.0. The van der Waals surface area contributed by atoms with Crippen LogP contribution in [0.15, 0.2) is 18.3 Å². The van der Waals surface area contributed by atoms with Gasteiger partial charge in [0, 0.05) is 25.8 Å². The second-order valence-electron chi connectivity index (χ2n) is 4.75. The van der Waals surface area contributed by atoms with Gasteiger partial charge < -0.3 is 10.8 Å². The van der Waals surface area contributed by atoms with Gasteiger partial charge in [-0.1, -0.05) is 6.07 Å². The highest BCUT2D eigenvalue weighted by molar-refractivity contribution is 5.79. The van der Waals surface area contributed by atoms with Crippen LogP contribution >= 0.6 is 0 Å². The predicted octanol–water partition coefficient (Wildman–Crippen LogP) is 0.378. The molecule has 0 aliphatic carbocycles. The monoisotopic (exact) mass is 235 g/mol. The van der Waals surface area contributed by atoms with Crippen molar-refractivity contribution in [2.24, 2.45) is 5.73 Å². The van der Waals surface area contributed by atoms with Crippen molar-refractivity contribution in [1.82, 2.24) is 9.88 Å². The van der Waals surface area contributed by atoms with Crippen LogP contribution in [0, 0.1) is 6.92 Å². The Balaban J connectivity index is 1.98. The Kier molecular flexibility index (Phi) is 3.13. The summed E-state index contributed by atoms with van der Waals surface area (Å²) in [6.07, 6.45) is 2.31. The third-order valence-corrected chi connectivity index (χ3v) is 3.16. The molecule has 0 bridgehead atoms. The number of aromatic nitrogens is 1. The molecule has 2 heterocycles. The first-order valence-corrected chi connectivity index (χ1v) is 5.66. The van der Waals surface area contributed by atoms with Gasteiger partial charge in [0.05, 0.1) is 5.69 Å². The van der Waals surface area contributed by atoms with Gasteiger partial charge in [0.15, 0.2) is 0 Å². The fourth-order valence-electron chi connectivity index (χ4n) is 2.05. The highest BCUT2D eigenvalue weighted by Crippen LogP contribution is 2.20. The number of aryl methyl sites for hydroxylation is 1. The van der Waals surface area contributed by atoms with E-state index in [4.69, 9.17) is 10.8 Å². The highest BCUT2D eigenvalue weighted by atomic mass is 16.4. The lowest BCUT2D eigenvalue weighted by Gasteiger charge is -2.19. The van der Waals surface area contributed by atoms with E-state index >= 15 is 0 Å². The molecule has 3 N–H and O–H groups in total. The van der Waals surface area contributed by atoms with Crippen LogP contribution in [0.1, 0.15) is 17.7 Å². The molecule has 0 amide bonds. The van der Waals surface area contributed by atoms with Gasteiger partial charge in [-0.2, -0.15) is 0 Å². The molecule has 1 fully saturated rings. The summed E-state index contributed by atoms with van der Waals surface area (Å²) in [6.45, 7) is 3.74. The number of rotatable bonds is 3. The Labute approximate surface area is 100 Å². The number of carboxylic acids is 1. The van der Waals surface area contributed by atoms with Gasteiger partial charge in [0.1, 0.15) is 5.54 Å². The Morgan fingerprint density at radius 1 is 1.65 bits per heavy atom. The zero-order chi connectivity index (χ0) is 12.5. The van der Waals surface area contributed by atoms with E-state index in [9.17, 15) is 4.79 Å². The summed E-state index contributed by atoms with van der Waals surface area (Å²) in [5.41, 5.74) is 6.78. The van der Waals surface area contributed by atoms with Gasteiger partial charge >= 0.3 is 5.97 Å². The summed E-state index contributed by atoms with van der Waals surface area (Å²) < 4.78 is 0. The largest absolute Gasteiger partial charge is 0.480 e. The Morgan fingerprint density at radius 3 is 2.94 bits per heavy atom. The number of carbonyl (C=O) groups is 1. The van der Waals surface area contributed by atoms with Crippen molar-refractivity contribution < 1.29 is 9.90 Å². The number of aliphatic carboxylic acids is 1. The molecule has 1 saturated heterocycles. The first-order chi connectivity index (χ1) is 7.99. The third-order valence-electron chi connectivity index (χ3n) is 3.16. The minimum atomic E-state index is -1.09. The molecule has 92 valence electrons. The van der Waals surface area contributed by atoms with Crippen LogP contribution in [-0.2, 0) is 11.3 Å². The Hall–Kier alpha value is -1.46. The van der Waals surface area contributed by atoms with Crippen molar-refractivity contribution in [1.29, 1.82) is 0 Å². The van der Waals surface area contributed by atoms with Crippen LogP contribution in [0.3, 0.4) is 0 Å². The zero-order valence-electron chi connectivity index (χ0n) is 9.89. The fourth-order valence-corrected chi connectivity index (χ4v) is 2.05. The molecule has 0 radical (unpaired) electrons. The van der Waals surface area contributed by atoms with Crippen LogP contribution in [-0.4, -0.2) is 39.6 Å². The van der Waals surface area contributed by atoms with E-state index in [1.165, 1.54) is 0 Å². The van der Waals surface area contributed by atoms with Gasteiger partial charge in [-0.3, -0.25) is 14.7 Å². The number of pyridine rings is 1. The topological polar surface area (TPSA) is 79.5 Å². The van der Waals surface area contributed by atoms with E-state index in [0.717, 1.165) is 11.3 Å². The van der Waals surface area contributed by atoms with Gasteiger partial charge in [-0.15, -0.1) is 0 Å². The lowest BCUT2D eigenvalue weighted by Crippen LogP contribution is -2.50. The maximum Gasteiger partial charge on any atom is 0.325 e. The van der Waals surface area contributed by atoms with Crippen molar-refractivity contribution in [2.45, 2.75) is 25.4 Å². The van der Waals surface area contributed by atoms with Gasteiger partial charge in [0.2, 0.25) is 0 Å². The van der Waals surface area contributed by atoms with E-state index in [1.807, 2.05) is 30.2 Å². The number of nitrogens with zero attached hydrogens (tertiary/aromatic N) is 2. The number of nitrogens with two attached hydrogens (primary N) is 1. The molecule has 1 atom stereocenters. The van der Waals surface area contributed by atoms with Gasteiger partial charge in [0.25, 0.3) is 0 Å². The quantitative estimate of drug-likeness (QED) is 0.791. The summed E-state index contributed by atoms with van der Waals surface area (Å²) in [5.74, 6) is -0.920. The van der Waals surface area contributed by atoms with Crippen molar-refractivity contribution in [3.8, 4) is 0 Å². The summed E-state index contributed by atoms with van der Waals surface area (Å²) in [6, 6.07) is 3.97. The van der Waals surface area contributed by atoms with Crippen molar-refractivity contribution in [3.05, 3.63) is 29.6 Å². The molecule has 5 heteroatoms. The molecular formula is C12H17N3O2. The molecule has 1 aromatic heterocycles. The average molecular weight is 235 g/mol. The second-order valence-corrected chi connectivity index (χ2v) is 4.75. The van der Waals surface area contributed by atoms with Gasteiger partial charge in [-0.25, -0.2) is 0 Å². The summed E-state index contributed by atoms with van der Waals surface area (Å²) in [5, 5.41) is 9.03. The summed E-state index contributed by atoms with van der Waals surface area (Å²) in [7, 11) is 0. The molecule has 17 heavy (non-hydrogen) atoms. The van der Waals surface area contributed by atoms with E-state index < -0.39 is 11.5 Å². The Morgan fingerprint density at radius 2 is 2.41 bits per heavy atom. The van der Waals surface area contributed by atoms with E-state index in [1.54, 1.807) is 0 Å².